The van der Waals surface area contributed by atoms with E-state index >= 15 is 0 Å². The average molecular weight is 382 g/mol. The van der Waals surface area contributed by atoms with Crippen molar-refractivity contribution in [2.45, 2.75) is 6.54 Å². The largest absolute Gasteiger partial charge is 0.361 e. The number of rotatable bonds is 3. The summed E-state index contributed by atoms with van der Waals surface area (Å²) in [5.41, 5.74) is 3.65. The Labute approximate surface area is 131 Å². The van der Waals surface area contributed by atoms with Crippen molar-refractivity contribution in [1.29, 1.82) is 5.41 Å². The van der Waals surface area contributed by atoms with E-state index in [1.807, 2.05) is 12.3 Å². The Morgan fingerprint density at radius 3 is 2.53 bits per heavy atom. The zero-order chi connectivity index (χ0) is 13.7. The van der Waals surface area contributed by atoms with Crippen molar-refractivity contribution in [2.24, 2.45) is 0 Å². The van der Waals surface area contributed by atoms with Gasteiger partial charge in [0.15, 0.2) is 5.17 Å². The topological polar surface area (TPSA) is 35.9 Å². The molecule has 19 heavy (non-hydrogen) atoms. The van der Waals surface area contributed by atoms with E-state index < -0.39 is 0 Å². The minimum Gasteiger partial charge on any atom is -0.361 e. The van der Waals surface area contributed by atoms with E-state index in [1.54, 1.807) is 0 Å². The van der Waals surface area contributed by atoms with Crippen LogP contribution in [-0.4, -0.2) is 11.4 Å². The standard InChI is InChI=1S/C15H15IN2S/c1-19-15(17)18-10-12-4-2-3-5-14(12)11-6-8-13(16)9-7-11/h2-9H,10H2,1H3,(H2,17,18). The molecule has 2 aromatic rings. The second-order valence-corrected chi connectivity index (χ2v) is 6.11. The van der Waals surface area contributed by atoms with Crippen LogP contribution in [0.1, 0.15) is 5.56 Å². The van der Waals surface area contributed by atoms with Crippen LogP contribution in [0.2, 0.25) is 0 Å². The van der Waals surface area contributed by atoms with Crippen LogP contribution in [0.25, 0.3) is 11.1 Å². The molecule has 0 heterocycles. The molecule has 98 valence electrons. The molecule has 0 aromatic heterocycles. The van der Waals surface area contributed by atoms with Gasteiger partial charge in [-0.05, 0) is 57.7 Å². The second-order valence-electron chi connectivity index (χ2n) is 4.05. The van der Waals surface area contributed by atoms with E-state index in [-0.39, 0.29) is 0 Å². The van der Waals surface area contributed by atoms with Crippen LogP contribution in [0.4, 0.5) is 0 Å². The molecule has 0 aliphatic carbocycles. The predicted molar refractivity (Wildman–Crippen MR) is 92.7 cm³/mol. The number of thioether (sulfide) groups is 1. The highest BCUT2D eigenvalue weighted by molar-refractivity contribution is 14.1. The minimum atomic E-state index is 0.498. The third-order valence-corrected chi connectivity index (χ3v) is 4.09. The fourth-order valence-electron chi connectivity index (χ4n) is 1.83. The molecule has 2 nitrogen and oxygen atoms in total. The first-order chi connectivity index (χ1) is 9.20. The molecule has 4 heteroatoms. The smallest absolute Gasteiger partial charge is 0.153 e. The lowest BCUT2D eigenvalue weighted by Gasteiger charge is -2.11. The van der Waals surface area contributed by atoms with Crippen molar-refractivity contribution in [3.8, 4) is 11.1 Å². The number of hydrogen-bond donors (Lipinski definition) is 2. The molecule has 0 unspecified atom stereocenters. The molecule has 2 N–H and O–H groups in total. The Morgan fingerprint density at radius 2 is 1.84 bits per heavy atom. The quantitative estimate of drug-likeness (QED) is 0.471. The maximum atomic E-state index is 7.64. The Bertz CT molecular complexity index is 567. The predicted octanol–water partition coefficient (Wildman–Crippen LogP) is 4.35. The van der Waals surface area contributed by atoms with Gasteiger partial charge < -0.3 is 5.32 Å². The second kappa shape index (κ2) is 6.96. The summed E-state index contributed by atoms with van der Waals surface area (Å²) in [6.07, 6.45) is 1.90. The van der Waals surface area contributed by atoms with E-state index in [1.165, 1.54) is 32.0 Å². The molecule has 0 saturated carbocycles. The van der Waals surface area contributed by atoms with E-state index in [2.05, 4.69) is 70.4 Å². The van der Waals surface area contributed by atoms with Crippen LogP contribution in [0.5, 0.6) is 0 Å². The monoisotopic (exact) mass is 382 g/mol. The van der Waals surface area contributed by atoms with Crippen LogP contribution in [0.15, 0.2) is 48.5 Å². The maximum absolute atomic E-state index is 7.64. The van der Waals surface area contributed by atoms with E-state index in [0.717, 1.165) is 0 Å². The van der Waals surface area contributed by atoms with Gasteiger partial charge in [-0.25, -0.2) is 0 Å². The molecule has 0 saturated heterocycles. The lowest BCUT2D eigenvalue weighted by Crippen LogP contribution is -2.18. The molecular formula is C15H15IN2S. The summed E-state index contributed by atoms with van der Waals surface area (Å²) in [6.45, 7) is 0.682. The summed E-state index contributed by atoms with van der Waals surface area (Å²) in [5.74, 6) is 0. The fourth-order valence-corrected chi connectivity index (χ4v) is 2.41. The van der Waals surface area contributed by atoms with Crippen molar-refractivity contribution in [3.05, 3.63) is 57.7 Å². The molecule has 0 aliphatic rings. The number of nitrogens with one attached hydrogen (secondary N) is 2. The molecule has 0 radical (unpaired) electrons. The molecule has 2 rings (SSSR count). The van der Waals surface area contributed by atoms with Crippen LogP contribution < -0.4 is 5.32 Å². The van der Waals surface area contributed by atoms with Gasteiger partial charge in [0, 0.05) is 10.1 Å². The van der Waals surface area contributed by atoms with Gasteiger partial charge in [0.2, 0.25) is 0 Å². The highest BCUT2D eigenvalue weighted by Gasteiger charge is 2.04. The van der Waals surface area contributed by atoms with Gasteiger partial charge in [-0.1, -0.05) is 48.2 Å². The van der Waals surface area contributed by atoms with Gasteiger partial charge in [0.1, 0.15) is 0 Å². The number of benzene rings is 2. The highest BCUT2D eigenvalue weighted by atomic mass is 127. The molecule has 0 amide bonds. The summed E-state index contributed by atoms with van der Waals surface area (Å²) >= 11 is 3.73. The van der Waals surface area contributed by atoms with Gasteiger partial charge in [0.25, 0.3) is 0 Å². The third kappa shape index (κ3) is 3.98. The van der Waals surface area contributed by atoms with Gasteiger partial charge in [-0.3, -0.25) is 5.41 Å². The lowest BCUT2D eigenvalue weighted by molar-refractivity contribution is 0.924. The zero-order valence-corrected chi connectivity index (χ0v) is 13.6. The third-order valence-electron chi connectivity index (χ3n) is 2.82. The first-order valence-corrected chi connectivity index (χ1v) is 8.21. The number of amidine groups is 1. The van der Waals surface area contributed by atoms with Crippen LogP contribution in [0, 0.1) is 8.98 Å². The van der Waals surface area contributed by atoms with Crippen molar-refractivity contribution in [3.63, 3.8) is 0 Å². The maximum Gasteiger partial charge on any atom is 0.153 e. The van der Waals surface area contributed by atoms with Crippen LogP contribution in [-0.2, 0) is 6.54 Å². The molecule has 2 aromatic carbocycles. The van der Waals surface area contributed by atoms with Gasteiger partial charge in [-0.15, -0.1) is 0 Å². The molecule has 0 fully saturated rings. The first kappa shape index (κ1) is 14.4. The summed E-state index contributed by atoms with van der Waals surface area (Å²) in [5, 5.41) is 11.3. The summed E-state index contributed by atoms with van der Waals surface area (Å²) in [6, 6.07) is 16.8. The first-order valence-electron chi connectivity index (χ1n) is 5.91. The summed E-state index contributed by atoms with van der Waals surface area (Å²) < 4.78 is 1.24. The fraction of sp³-hybridized carbons (Fsp3) is 0.133. The van der Waals surface area contributed by atoms with E-state index in [9.17, 15) is 0 Å². The van der Waals surface area contributed by atoms with Gasteiger partial charge >= 0.3 is 0 Å². The highest BCUT2D eigenvalue weighted by Crippen LogP contribution is 2.24. The molecular weight excluding hydrogens is 367 g/mol. The lowest BCUT2D eigenvalue weighted by atomic mass is 10.00. The molecule has 0 aliphatic heterocycles. The van der Waals surface area contributed by atoms with E-state index in [0.29, 0.717) is 11.7 Å². The molecule has 0 bridgehead atoms. The Hall–Kier alpha value is -1.01. The van der Waals surface area contributed by atoms with Gasteiger partial charge in [0.05, 0.1) is 0 Å². The Morgan fingerprint density at radius 1 is 1.16 bits per heavy atom. The van der Waals surface area contributed by atoms with Crippen molar-refractivity contribution in [1.82, 2.24) is 5.32 Å². The number of hydrogen-bond acceptors (Lipinski definition) is 2. The Kier molecular flexibility index (Phi) is 5.27. The molecule has 0 spiro atoms. The normalized spacial score (nSPS) is 10.2. The summed E-state index contributed by atoms with van der Waals surface area (Å²) in [7, 11) is 0. The van der Waals surface area contributed by atoms with Gasteiger partial charge in [-0.2, -0.15) is 0 Å². The molecule has 0 atom stereocenters. The summed E-state index contributed by atoms with van der Waals surface area (Å²) in [4.78, 5) is 0. The van der Waals surface area contributed by atoms with Crippen molar-refractivity contribution >= 4 is 39.5 Å². The van der Waals surface area contributed by atoms with Crippen LogP contribution in [0.3, 0.4) is 0 Å². The average Bonchev–Trinajstić information content (AvgIpc) is 2.46. The van der Waals surface area contributed by atoms with Crippen molar-refractivity contribution < 1.29 is 0 Å². The SMILES string of the molecule is CSC(=N)NCc1ccccc1-c1ccc(I)cc1. The Balaban J connectivity index is 2.25. The number of halogens is 1. The van der Waals surface area contributed by atoms with Crippen molar-refractivity contribution in [2.75, 3.05) is 6.26 Å². The van der Waals surface area contributed by atoms with E-state index in [4.69, 9.17) is 5.41 Å². The minimum absolute atomic E-state index is 0.498. The van der Waals surface area contributed by atoms with Crippen LogP contribution >= 0.6 is 34.4 Å². The zero-order valence-electron chi connectivity index (χ0n) is 10.6.